The summed E-state index contributed by atoms with van der Waals surface area (Å²) in [6, 6.07) is 0. The van der Waals surface area contributed by atoms with Crippen LogP contribution in [0.25, 0.3) is 0 Å². The molecular formula is C11H22N2O2. The molecule has 1 saturated carbocycles. The Morgan fingerprint density at radius 1 is 1.53 bits per heavy atom. The second-order valence-electron chi connectivity index (χ2n) is 4.77. The molecule has 1 heterocycles. The Morgan fingerprint density at radius 2 is 2.33 bits per heavy atom. The number of nitrogens with two attached hydrogens (primary N) is 1. The largest absolute Gasteiger partial charge is 0.381 e. The van der Waals surface area contributed by atoms with E-state index >= 15 is 0 Å². The van der Waals surface area contributed by atoms with Crippen molar-refractivity contribution in [3.63, 3.8) is 0 Å². The van der Waals surface area contributed by atoms with Crippen LogP contribution in [0.3, 0.4) is 0 Å². The van der Waals surface area contributed by atoms with Crippen molar-refractivity contribution in [2.45, 2.75) is 43.4 Å². The van der Waals surface area contributed by atoms with Gasteiger partial charge in [-0.1, -0.05) is 0 Å². The summed E-state index contributed by atoms with van der Waals surface area (Å²) in [6.07, 6.45) is 5.24. The van der Waals surface area contributed by atoms with Gasteiger partial charge in [0.1, 0.15) is 0 Å². The van der Waals surface area contributed by atoms with Crippen molar-refractivity contribution in [2.24, 2.45) is 5.73 Å². The Morgan fingerprint density at radius 3 is 2.87 bits per heavy atom. The quantitative estimate of drug-likeness (QED) is 0.689. The lowest BCUT2D eigenvalue weighted by molar-refractivity contribution is -0.0315. The summed E-state index contributed by atoms with van der Waals surface area (Å²) in [7, 11) is 1.77. The van der Waals surface area contributed by atoms with Crippen LogP contribution in [0, 0.1) is 0 Å². The van der Waals surface area contributed by atoms with Crippen LogP contribution >= 0.6 is 0 Å². The average Bonchev–Trinajstić information content (AvgIpc) is 2.70. The monoisotopic (exact) mass is 214 g/mol. The van der Waals surface area contributed by atoms with Gasteiger partial charge < -0.3 is 20.5 Å². The molecule has 0 radical (unpaired) electrons. The molecule has 0 aromatic carbocycles. The molecule has 15 heavy (non-hydrogen) atoms. The number of hydrogen-bond acceptors (Lipinski definition) is 4. The van der Waals surface area contributed by atoms with E-state index in [0.717, 1.165) is 26.0 Å². The molecule has 1 atom stereocenters. The first-order chi connectivity index (χ1) is 7.28. The summed E-state index contributed by atoms with van der Waals surface area (Å²) < 4.78 is 10.9. The first kappa shape index (κ1) is 11.3. The van der Waals surface area contributed by atoms with E-state index in [1.165, 1.54) is 12.8 Å². The summed E-state index contributed by atoms with van der Waals surface area (Å²) in [5, 5.41) is 3.56. The number of nitrogens with one attached hydrogen (secondary N) is 1. The van der Waals surface area contributed by atoms with E-state index in [1.54, 1.807) is 7.11 Å². The van der Waals surface area contributed by atoms with E-state index in [9.17, 15) is 0 Å². The molecule has 0 spiro atoms. The second-order valence-corrected chi connectivity index (χ2v) is 4.77. The maximum Gasteiger partial charge on any atom is 0.0700 e. The summed E-state index contributed by atoms with van der Waals surface area (Å²) in [6.45, 7) is 2.55. The van der Waals surface area contributed by atoms with Crippen molar-refractivity contribution >= 4 is 0 Å². The van der Waals surface area contributed by atoms with Crippen LogP contribution in [0.5, 0.6) is 0 Å². The zero-order chi connectivity index (χ0) is 10.7. The smallest absolute Gasteiger partial charge is 0.0700 e. The van der Waals surface area contributed by atoms with Gasteiger partial charge >= 0.3 is 0 Å². The molecule has 0 bridgehead atoms. The molecule has 1 aliphatic carbocycles. The Balaban J connectivity index is 1.72. The normalized spacial score (nSPS) is 40.4. The molecule has 0 aromatic heterocycles. The summed E-state index contributed by atoms with van der Waals surface area (Å²) in [5.74, 6) is 0. The third-order valence-electron chi connectivity index (χ3n) is 3.69. The van der Waals surface area contributed by atoms with Crippen LogP contribution in [0.2, 0.25) is 0 Å². The van der Waals surface area contributed by atoms with Gasteiger partial charge in [-0.2, -0.15) is 0 Å². The molecule has 1 unspecified atom stereocenters. The Kier molecular flexibility index (Phi) is 3.61. The van der Waals surface area contributed by atoms with Gasteiger partial charge in [-0.15, -0.1) is 0 Å². The van der Waals surface area contributed by atoms with Gasteiger partial charge in [0, 0.05) is 32.3 Å². The standard InChI is InChI=1S/C11H22N2O2/c1-14-10-5-11(6-10,8-12)13-7-9-3-2-4-15-9/h9-10,13H,2-8,12H2,1H3. The number of hydrogen-bond donors (Lipinski definition) is 2. The van der Waals surface area contributed by atoms with Crippen molar-refractivity contribution in [2.75, 3.05) is 26.8 Å². The highest BCUT2D eigenvalue weighted by molar-refractivity contribution is 5.03. The van der Waals surface area contributed by atoms with Crippen molar-refractivity contribution in [3.05, 3.63) is 0 Å². The van der Waals surface area contributed by atoms with Gasteiger partial charge in [-0.05, 0) is 25.7 Å². The molecule has 88 valence electrons. The van der Waals surface area contributed by atoms with Crippen molar-refractivity contribution < 1.29 is 9.47 Å². The van der Waals surface area contributed by atoms with Gasteiger partial charge in [-0.25, -0.2) is 0 Å². The zero-order valence-electron chi connectivity index (χ0n) is 9.50. The van der Waals surface area contributed by atoms with Crippen molar-refractivity contribution in [1.82, 2.24) is 5.32 Å². The third kappa shape index (κ3) is 2.50. The van der Waals surface area contributed by atoms with Gasteiger partial charge in [0.15, 0.2) is 0 Å². The molecule has 1 saturated heterocycles. The number of ether oxygens (including phenoxy) is 2. The van der Waals surface area contributed by atoms with E-state index in [1.807, 2.05) is 0 Å². The lowest BCUT2D eigenvalue weighted by Gasteiger charge is -2.47. The van der Waals surface area contributed by atoms with Crippen LogP contribution in [-0.2, 0) is 9.47 Å². The molecule has 0 amide bonds. The lowest BCUT2D eigenvalue weighted by Crippen LogP contribution is -2.63. The topological polar surface area (TPSA) is 56.5 Å². The van der Waals surface area contributed by atoms with Crippen molar-refractivity contribution in [3.8, 4) is 0 Å². The van der Waals surface area contributed by atoms with Gasteiger partial charge in [0.2, 0.25) is 0 Å². The fraction of sp³-hybridized carbons (Fsp3) is 1.00. The Hall–Kier alpha value is -0.160. The SMILES string of the molecule is COC1CC(CN)(NCC2CCCO2)C1. The van der Waals surface area contributed by atoms with Crippen LogP contribution in [0.4, 0.5) is 0 Å². The summed E-state index contributed by atoms with van der Waals surface area (Å²) in [4.78, 5) is 0. The minimum Gasteiger partial charge on any atom is -0.381 e. The van der Waals surface area contributed by atoms with E-state index in [4.69, 9.17) is 15.2 Å². The fourth-order valence-electron chi connectivity index (χ4n) is 2.50. The van der Waals surface area contributed by atoms with Gasteiger partial charge in [-0.3, -0.25) is 0 Å². The van der Waals surface area contributed by atoms with E-state index < -0.39 is 0 Å². The van der Waals surface area contributed by atoms with Gasteiger partial charge in [0.05, 0.1) is 12.2 Å². The molecule has 2 rings (SSSR count). The molecular weight excluding hydrogens is 192 g/mol. The Labute approximate surface area is 91.5 Å². The molecule has 3 N–H and O–H groups in total. The molecule has 4 heteroatoms. The first-order valence-electron chi connectivity index (χ1n) is 5.87. The lowest BCUT2D eigenvalue weighted by atomic mass is 9.74. The molecule has 0 aromatic rings. The Bertz CT molecular complexity index is 199. The minimum absolute atomic E-state index is 0.118. The maximum absolute atomic E-state index is 5.81. The fourth-order valence-corrected chi connectivity index (χ4v) is 2.50. The average molecular weight is 214 g/mol. The highest BCUT2D eigenvalue weighted by Crippen LogP contribution is 2.33. The number of methoxy groups -OCH3 is 1. The van der Waals surface area contributed by atoms with Crippen LogP contribution in [0.1, 0.15) is 25.7 Å². The van der Waals surface area contributed by atoms with Crippen LogP contribution in [-0.4, -0.2) is 44.6 Å². The summed E-state index contributed by atoms with van der Waals surface area (Å²) >= 11 is 0. The van der Waals surface area contributed by atoms with Gasteiger partial charge in [0.25, 0.3) is 0 Å². The number of rotatable bonds is 5. The molecule has 1 aliphatic heterocycles. The first-order valence-corrected chi connectivity index (χ1v) is 5.87. The predicted octanol–water partition coefficient (Wildman–Crippen LogP) is 0.261. The predicted molar refractivity (Wildman–Crippen MR) is 58.8 cm³/mol. The second kappa shape index (κ2) is 4.78. The highest BCUT2D eigenvalue weighted by atomic mass is 16.5. The van der Waals surface area contributed by atoms with Crippen LogP contribution in [0.15, 0.2) is 0 Å². The van der Waals surface area contributed by atoms with E-state index in [-0.39, 0.29) is 5.54 Å². The van der Waals surface area contributed by atoms with Crippen molar-refractivity contribution in [1.29, 1.82) is 0 Å². The van der Waals surface area contributed by atoms with E-state index in [0.29, 0.717) is 18.8 Å². The molecule has 2 aliphatic rings. The summed E-state index contributed by atoms with van der Waals surface area (Å²) in [5.41, 5.74) is 5.93. The minimum atomic E-state index is 0.118. The highest BCUT2D eigenvalue weighted by Gasteiger charge is 2.43. The van der Waals surface area contributed by atoms with Crippen LogP contribution < -0.4 is 11.1 Å². The maximum atomic E-state index is 5.81. The molecule has 4 nitrogen and oxygen atoms in total. The third-order valence-corrected chi connectivity index (χ3v) is 3.69. The molecule has 2 fully saturated rings. The van der Waals surface area contributed by atoms with E-state index in [2.05, 4.69) is 5.32 Å². The zero-order valence-corrected chi connectivity index (χ0v) is 9.50.